The van der Waals surface area contributed by atoms with Crippen molar-refractivity contribution < 1.29 is 9.53 Å². The lowest BCUT2D eigenvalue weighted by Crippen LogP contribution is -2.54. The normalized spacial score (nSPS) is 26.9. The van der Waals surface area contributed by atoms with Crippen molar-refractivity contribution >= 4 is 29.3 Å². The smallest absolute Gasteiger partial charge is 0.274 e. The molecule has 0 aromatic carbocycles. The Morgan fingerprint density at radius 2 is 2.37 bits per heavy atom. The summed E-state index contributed by atoms with van der Waals surface area (Å²) in [6.07, 6.45) is 0.893. The standard InChI is InChI=1S/C12H14ClN3O2S/c13-11-2-1-8(14-15-11)12(17)16-4-6-19-10-7-18-5-3-9(10)16/h1-2,9-10H,3-7H2/t9-,10+/m1/s1. The first-order chi connectivity index (χ1) is 9.25. The van der Waals surface area contributed by atoms with Gasteiger partial charge in [-0.1, -0.05) is 11.6 Å². The van der Waals surface area contributed by atoms with Gasteiger partial charge >= 0.3 is 0 Å². The molecule has 0 N–H and O–H groups in total. The lowest BCUT2D eigenvalue weighted by molar-refractivity contribution is 0.0315. The number of hydrogen-bond acceptors (Lipinski definition) is 5. The summed E-state index contributed by atoms with van der Waals surface area (Å²) in [5, 5.41) is 8.30. The van der Waals surface area contributed by atoms with Gasteiger partial charge in [0.15, 0.2) is 10.8 Å². The Labute approximate surface area is 120 Å². The van der Waals surface area contributed by atoms with Crippen LogP contribution in [-0.2, 0) is 4.74 Å². The number of fused-ring (bicyclic) bond motifs is 1. The van der Waals surface area contributed by atoms with Gasteiger partial charge < -0.3 is 9.64 Å². The molecule has 0 saturated carbocycles. The Morgan fingerprint density at radius 1 is 1.47 bits per heavy atom. The highest BCUT2D eigenvalue weighted by Gasteiger charge is 2.37. The monoisotopic (exact) mass is 299 g/mol. The van der Waals surface area contributed by atoms with E-state index in [-0.39, 0.29) is 11.9 Å². The summed E-state index contributed by atoms with van der Waals surface area (Å²) in [6.45, 7) is 2.21. The minimum atomic E-state index is -0.0543. The molecule has 2 saturated heterocycles. The summed E-state index contributed by atoms with van der Waals surface area (Å²) in [4.78, 5) is 14.4. The Morgan fingerprint density at radius 3 is 3.16 bits per heavy atom. The van der Waals surface area contributed by atoms with Crippen LogP contribution in [0.25, 0.3) is 0 Å². The number of rotatable bonds is 1. The van der Waals surface area contributed by atoms with Gasteiger partial charge in [0, 0.05) is 30.2 Å². The fourth-order valence-electron chi connectivity index (χ4n) is 2.51. The fourth-order valence-corrected chi connectivity index (χ4v) is 3.92. The number of carbonyl (C=O) groups excluding carboxylic acids is 1. The molecule has 0 unspecified atom stereocenters. The number of halogens is 1. The molecule has 2 atom stereocenters. The average Bonchev–Trinajstić information content (AvgIpc) is 2.47. The Balaban J connectivity index is 1.79. The van der Waals surface area contributed by atoms with Crippen LogP contribution < -0.4 is 0 Å². The van der Waals surface area contributed by atoms with Gasteiger partial charge in [0.1, 0.15) is 0 Å². The van der Waals surface area contributed by atoms with E-state index in [1.54, 1.807) is 12.1 Å². The second-order valence-electron chi connectivity index (χ2n) is 4.58. The quantitative estimate of drug-likeness (QED) is 0.786. The Hall–Kier alpha value is -0.850. The highest BCUT2D eigenvalue weighted by molar-refractivity contribution is 8.00. The molecule has 2 aliphatic heterocycles. The highest BCUT2D eigenvalue weighted by atomic mass is 35.5. The molecule has 1 aromatic rings. The number of nitrogens with zero attached hydrogens (tertiary/aromatic N) is 3. The van der Waals surface area contributed by atoms with Crippen LogP contribution in [0, 0.1) is 0 Å². The van der Waals surface area contributed by atoms with Crippen molar-refractivity contribution in [1.29, 1.82) is 0 Å². The van der Waals surface area contributed by atoms with Crippen molar-refractivity contribution in [2.75, 3.05) is 25.5 Å². The predicted molar refractivity (Wildman–Crippen MR) is 73.5 cm³/mol. The van der Waals surface area contributed by atoms with Gasteiger partial charge in [-0.2, -0.15) is 11.8 Å². The SMILES string of the molecule is O=C(c1ccc(Cl)nn1)N1CCS[C@H]2COCC[C@H]21. The second-order valence-corrected chi connectivity index (χ2v) is 6.31. The summed E-state index contributed by atoms with van der Waals surface area (Å²) >= 11 is 7.58. The molecule has 0 aliphatic carbocycles. The number of thioether (sulfide) groups is 1. The summed E-state index contributed by atoms with van der Waals surface area (Å²) in [5.41, 5.74) is 0.363. The molecular formula is C12H14ClN3O2S. The van der Waals surface area contributed by atoms with Crippen LogP contribution in [0.3, 0.4) is 0 Å². The van der Waals surface area contributed by atoms with Gasteiger partial charge in [-0.3, -0.25) is 4.79 Å². The van der Waals surface area contributed by atoms with Crippen molar-refractivity contribution in [3.8, 4) is 0 Å². The van der Waals surface area contributed by atoms with Gasteiger partial charge in [0.05, 0.1) is 6.61 Å². The lowest BCUT2D eigenvalue weighted by atomic mass is 10.1. The molecule has 2 fully saturated rings. The van der Waals surface area contributed by atoms with E-state index in [4.69, 9.17) is 16.3 Å². The first kappa shape index (κ1) is 13.1. The third-order valence-electron chi connectivity index (χ3n) is 3.45. The zero-order chi connectivity index (χ0) is 13.2. The molecule has 0 radical (unpaired) electrons. The van der Waals surface area contributed by atoms with Gasteiger partial charge in [0.25, 0.3) is 5.91 Å². The van der Waals surface area contributed by atoms with E-state index in [0.717, 1.165) is 31.9 Å². The van der Waals surface area contributed by atoms with E-state index in [9.17, 15) is 4.79 Å². The molecule has 3 rings (SSSR count). The van der Waals surface area contributed by atoms with E-state index < -0.39 is 0 Å². The minimum Gasteiger partial charge on any atom is -0.380 e. The third kappa shape index (κ3) is 2.70. The van der Waals surface area contributed by atoms with Crippen LogP contribution in [0.4, 0.5) is 0 Å². The topological polar surface area (TPSA) is 55.3 Å². The second kappa shape index (κ2) is 5.64. The number of aromatic nitrogens is 2. The third-order valence-corrected chi connectivity index (χ3v) is 4.94. The van der Waals surface area contributed by atoms with Gasteiger partial charge in [-0.15, -0.1) is 10.2 Å². The Kier molecular flexibility index (Phi) is 3.91. The van der Waals surface area contributed by atoms with Crippen molar-refractivity contribution in [1.82, 2.24) is 15.1 Å². The van der Waals surface area contributed by atoms with Crippen molar-refractivity contribution in [3.05, 3.63) is 23.0 Å². The number of amides is 1. The zero-order valence-electron chi connectivity index (χ0n) is 10.3. The molecule has 0 spiro atoms. The van der Waals surface area contributed by atoms with Crippen molar-refractivity contribution in [3.63, 3.8) is 0 Å². The maximum Gasteiger partial charge on any atom is 0.274 e. The largest absolute Gasteiger partial charge is 0.380 e. The van der Waals surface area contributed by atoms with Gasteiger partial charge in [0.2, 0.25) is 0 Å². The maximum atomic E-state index is 12.5. The molecular weight excluding hydrogens is 286 g/mol. The summed E-state index contributed by atoms with van der Waals surface area (Å²) < 4.78 is 5.48. The van der Waals surface area contributed by atoms with E-state index >= 15 is 0 Å². The van der Waals surface area contributed by atoms with E-state index in [1.165, 1.54) is 0 Å². The number of carbonyl (C=O) groups is 1. The molecule has 2 aliphatic rings. The summed E-state index contributed by atoms with van der Waals surface area (Å²) in [6, 6.07) is 3.48. The number of ether oxygens (including phenoxy) is 1. The summed E-state index contributed by atoms with van der Waals surface area (Å²) in [7, 11) is 0. The van der Waals surface area contributed by atoms with Crippen LogP contribution in [-0.4, -0.2) is 57.8 Å². The number of hydrogen-bond donors (Lipinski definition) is 0. The molecule has 0 bridgehead atoms. The molecule has 19 heavy (non-hydrogen) atoms. The first-order valence-electron chi connectivity index (χ1n) is 6.25. The first-order valence-corrected chi connectivity index (χ1v) is 7.68. The van der Waals surface area contributed by atoms with Crippen LogP contribution in [0.5, 0.6) is 0 Å². The Bertz CT molecular complexity index is 469. The molecule has 1 aromatic heterocycles. The van der Waals surface area contributed by atoms with Gasteiger partial charge in [-0.25, -0.2) is 0 Å². The lowest BCUT2D eigenvalue weighted by Gasteiger charge is -2.43. The zero-order valence-corrected chi connectivity index (χ0v) is 11.9. The van der Waals surface area contributed by atoms with Crippen LogP contribution in [0.1, 0.15) is 16.9 Å². The van der Waals surface area contributed by atoms with Crippen molar-refractivity contribution in [2.24, 2.45) is 0 Å². The highest BCUT2D eigenvalue weighted by Crippen LogP contribution is 2.30. The average molecular weight is 300 g/mol. The molecule has 5 nitrogen and oxygen atoms in total. The van der Waals surface area contributed by atoms with Crippen molar-refractivity contribution in [2.45, 2.75) is 17.7 Å². The maximum absolute atomic E-state index is 12.5. The molecule has 102 valence electrons. The van der Waals surface area contributed by atoms with Gasteiger partial charge in [-0.05, 0) is 18.6 Å². The van der Waals surface area contributed by atoms with Crippen LogP contribution >= 0.6 is 23.4 Å². The van der Waals surface area contributed by atoms with E-state index in [0.29, 0.717) is 16.1 Å². The molecule has 7 heteroatoms. The van der Waals surface area contributed by atoms with Crippen LogP contribution in [0.2, 0.25) is 5.15 Å². The molecule has 1 amide bonds. The van der Waals surface area contributed by atoms with E-state index in [2.05, 4.69) is 10.2 Å². The summed E-state index contributed by atoms with van der Waals surface area (Å²) in [5.74, 6) is 0.887. The minimum absolute atomic E-state index is 0.0543. The fraction of sp³-hybridized carbons (Fsp3) is 0.583. The van der Waals surface area contributed by atoms with E-state index in [1.807, 2.05) is 16.7 Å². The molecule has 3 heterocycles. The van der Waals surface area contributed by atoms with Crippen LogP contribution in [0.15, 0.2) is 12.1 Å². The predicted octanol–water partition coefficient (Wildman–Crippen LogP) is 1.48.